The highest BCUT2D eigenvalue weighted by atomic mass is 35.5. The number of carbonyl (C=O) groups is 1. The number of nitrogens with zero attached hydrogens (tertiary/aromatic N) is 1. The van der Waals surface area contributed by atoms with E-state index in [4.69, 9.17) is 0 Å². The number of aryl methyl sites for hydroxylation is 1. The van der Waals surface area contributed by atoms with E-state index >= 15 is 0 Å². The zero-order valence-electron chi connectivity index (χ0n) is 15.3. The van der Waals surface area contributed by atoms with E-state index in [-0.39, 0.29) is 24.1 Å². The van der Waals surface area contributed by atoms with E-state index in [1.807, 2.05) is 17.9 Å². The van der Waals surface area contributed by atoms with Crippen LogP contribution in [0.4, 0.5) is 4.39 Å². The number of hydrogen-bond donors (Lipinski definition) is 1. The molecule has 0 atom stereocenters. The molecule has 1 saturated heterocycles. The molecule has 1 aliphatic heterocycles. The number of thiophene rings is 1. The molecule has 0 radical (unpaired) electrons. The number of nitrogens with one attached hydrogen (secondary N) is 1. The van der Waals surface area contributed by atoms with Crippen LogP contribution >= 0.6 is 23.7 Å². The first-order chi connectivity index (χ1) is 12.1. The lowest BCUT2D eigenvalue weighted by atomic mass is 9.96. The molecule has 6 heteroatoms. The van der Waals surface area contributed by atoms with Crippen LogP contribution in [0.3, 0.4) is 0 Å². The molecule has 1 aliphatic rings. The van der Waals surface area contributed by atoms with Gasteiger partial charge in [0.05, 0.1) is 4.88 Å². The molecule has 1 fully saturated rings. The third-order valence-corrected chi connectivity index (χ3v) is 5.91. The van der Waals surface area contributed by atoms with Crippen molar-refractivity contribution in [2.24, 2.45) is 5.92 Å². The van der Waals surface area contributed by atoms with Gasteiger partial charge in [-0.05, 0) is 68.1 Å². The molecular weight excluding hydrogens is 371 g/mol. The smallest absolute Gasteiger partial charge is 0.263 e. The van der Waals surface area contributed by atoms with E-state index in [0.717, 1.165) is 59.9 Å². The molecule has 0 aliphatic carbocycles. The average molecular weight is 397 g/mol. The maximum Gasteiger partial charge on any atom is 0.263 e. The van der Waals surface area contributed by atoms with Crippen LogP contribution in [0, 0.1) is 18.7 Å². The van der Waals surface area contributed by atoms with Crippen LogP contribution in [0.1, 0.15) is 34.3 Å². The minimum Gasteiger partial charge on any atom is -0.338 e. The lowest BCUT2D eigenvalue weighted by molar-refractivity contribution is 0.0695. The number of carbonyl (C=O) groups excluding carboxylic acids is 1. The Morgan fingerprint density at radius 2 is 1.92 bits per heavy atom. The summed E-state index contributed by atoms with van der Waals surface area (Å²) < 4.78 is 13.1. The molecule has 0 spiro atoms. The molecule has 3 nitrogen and oxygen atoms in total. The summed E-state index contributed by atoms with van der Waals surface area (Å²) in [5, 5.41) is 3.40. The summed E-state index contributed by atoms with van der Waals surface area (Å²) in [6.45, 7) is 7.85. The topological polar surface area (TPSA) is 32.3 Å². The van der Waals surface area contributed by atoms with Crippen molar-refractivity contribution in [1.82, 2.24) is 10.2 Å². The predicted molar refractivity (Wildman–Crippen MR) is 109 cm³/mol. The van der Waals surface area contributed by atoms with Gasteiger partial charge in [-0.2, -0.15) is 0 Å². The second-order valence-corrected chi connectivity index (χ2v) is 7.89. The van der Waals surface area contributed by atoms with Crippen LogP contribution in [0.25, 0.3) is 11.1 Å². The third kappa shape index (κ3) is 4.84. The van der Waals surface area contributed by atoms with Crippen molar-refractivity contribution in [2.75, 3.05) is 26.2 Å². The van der Waals surface area contributed by atoms with Crippen molar-refractivity contribution in [3.8, 4) is 11.1 Å². The number of hydrogen-bond acceptors (Lipinski definition) is 3. The van der Waals surface area contributed by atoms with Gasteiger partial charge in [-0.3, -0.25) is 4.79 Å². The van der Waals surface area contributed by atoms with Crippen molar-refractivity contribution in [1.29, 1.82) is 0 Å². The Balaban J connectivity index is 0.00000243. The minimum atomic E-state index is -0.242. The second-order valence-electron chi connectivity index (χ2n) is 6.63. The Kier molecular flexibility index (Phi) is 7.62. The Morgan fingerprint density at radius 3 is 2.54 bits per heavy atom. The van der Waals surface area contributed by atoms with Crippen molar-refractivity contribution in [3.05, 3.63) is 45.9 Å². The number of halogens is 2. The van der Waals surface area contributed by atoms with Gasteiger partial charge < -0.3 is 10.2 Å². The van der Waals surface area contributed by atoms with E-state index in [2.05, 4.69) is 12.2 Å². The summed E-state index contributed by atoms with van der Waals surface area (Å²) in [4.78, 5) is 16.7. The number of amides is 1. The molecule has 2 aromatic rings. The molecule has 26 heavy (non-hydrogen) atoms. The first-order valence-electron chi connectivity index (χ1n) is 8.95. The maximum atomic E-state index is 13.1. The zero-order chi connectivity index (χ0) is 17.8. The number of rotatable bonds is 5. The number of benzene rings is 1. The van der Waals surface area contributed by atoms with E-state index in [0.29, 0.717) is 5.92 Å². The highest BCUT2D eigenvalue weighted by Gasteiger charge is 2.25. The quantitative estimate of drug-likeness (QED) is 0.791. The van der Waals surface area contributed by atoms with Crippen LogP contribution in [0.5, 0.6) is 0 Å². The van der Waals surface area contributed by atoms with Crippen LogP contribution in [-0.2, 0) is 0 Å². The maximum absolute atomic E-state index is 13.1. The van der Waals surface area contributed by atoms with Crippen LogP contribution in [0.15, 0.2) is 30.3 Å². The Hall–Kier alpha value is -1.43. The molecule has 1 aromatic carbocycles. The molecule has 3 rings (SSSR count). The van der Waals surface area contributed by atoms with Crippen molar-refractivity contribution in [3.63, 3.8) is 0 Å². The fourth-order valence-corrected chi connectivity index (χ4v) is 4.36. The minimum absolute atomic E-state index is 0. The van der Waals surface area contributed by atoms with Gasteiger partial charge in [-0.25, -0.2) is 4.39 Å². The Bertz CT molecular complexity index is 724. The van der Waals surface area contributed by atoms with Gasteiger partial charge >= 0.3 is 0 Å². The predicted octanol–water partition coefficient (Wildman–Crippen LogP) is 4.75. The third-order valence-electron chi connectivity index (χ3n) is 4.87. The largest absolute Gasteiger partial charge is 0.338 e. The molecule has 0 bridgehead atoms. The average Bonchev–Trinajstić information content (AvgIpc) is 3.02. The van der Waals surface area contributed by atoms with Gasteiger partial charge in [0.15, 0.2) is 0 Å². The number of piperidine rings is 1. The lowest BCUT2D eigenvalue weighted by Crippen LogP contribution is -2.40. The summed E-state index contributed by atoms with van der Waals surface area (Å²) in [5.74, 6) is 0.556. The fraction of sp³-hybridized carbons (Fsp3) is 0.450. The van der Waals surface area contributed by atoms with E-state index in [1.165, 1.54) is 23.5 Å². The van der Waals surface area contributed by atoms with Gasteiger partial charge in [-0.15, -0.1) is 23.7 Å². The van der Waals surface area contributed by atoms with Gasteiger partial charge in [-0.1, -0.05) is 19.1 Å². The summed E-state index contributed by atoms with van der Waals surface area (Å²) >= 11 is 1.53. The van der Waals surface area contributed by atoms with Crippen molar-refractivity contribution < 1.29 is 9.18 Å². The molecule has 1 amide bonds. The monoisotopic (exact) mass is 396 g/mol. The molecule has 1 N–H and O–H groups in total. The van der Waals surface area contributed by atoms with Crippen LogP contribution < -0.4 is 5.32 Å². The van der Waals surface area contributed by atoms with Gasteiger partial charge in [0.2, 0.25) is 0 Å². The van der Waals surface area contributed by atoms with E-state index in [1.54, 1.807) is 12.1 Å². The molecule has 0 unspecified atom stereocenters. The summed E-state index contributed by atoms with van der Waals surface area (Å²) in [6.07, 6.45) is 2.13. The van der Waals surface area contributed by atoms with Gasteiger partial charge in [0.25, 0.3) is 5.91 Å². The van der Waals surface area contributed by atoms with Crippen LogP contribution in [0.2, 0.25) is 0 Å². The molecule has 0 saturated carbocycles. The van der Waals surface area contributed by atoms with E-state index < -0.39 is 0 Å². The first-order valence-corrected chi connectivity index (χ1v) is 9.76. The van der Waals surface area contributed by atoms with E-state index in [9.17, 15) is 9.18 Å². The highest BCUT2D eigenvalue weighted by Crippen LogP contribution is 2.32. The lowest BCUT2D eigenvalue weighted by Gasteiger charge is -2.31. The Labute approximate surface area is 165 Å². The Morgan fingerprint density at radius 1 is 1.27 bits per heavy atom. The normalized spacial score (nSPS) is 15.0. The van der Waals surface area contributed by atoms with Crippen molar-refractivity contribution in [2.45, 2.75) is 26.7 Å². The van der Waals surface area contributed by atoms with Gasteiger partial charge in [0, 0.05) is 18.0 Å². The highest BCUT2D eigenvalue weighted by molar-refractivity contribution is 7.14. The SMILES string of the molecule is CCNCC1CCN(C(=O)c2cc(-c3ccc(F)cc3)c(C)s2)CC1.Cl. The summed E-state index contributed by atoms with van der Waals surface area (Å²) in [5.41, 5.74) is 1.98. The molecule has 142 valence electrons. The summed E-state index contributed by atoms with van der Waals surface area (Å²) in [6, 6.07) is 8.42. The van der Waals surface area contributed by atoms with Crippen molar-refractivity contribution >= 4 is 29.7 Å². The zero-order valence-corrected chi connectivity index (χ0v) is 16.9. The molecule has 1 aromatic heterocycles. The standard InChI is InChI=1S/C20H25FN2OS.ClH/c1-3-22-13-15-8-10-23(11-9-15)20(24)19-12-18(14(2)25-19)16-4-6-17(21)7-5-16;/h4-7,12,15,22H,3,8-11,13H2,1-2H3;1H. The van der Waals surface area contributed by atoms with Gasteiger partial charge in [0.1, 0.15) is 5.82 Å². The van der Waals surface area contributed by atoms with Crippen LogP contribution in [-0.4, -0.2) is 37.0 Å². The molecular formula is C20H26ClFN2OS. The first kappa shape index (κ1) is 20.9. The summed E-state index contributed by atoms with van der Waals surface area (Å²) in [7, 11) is 0. The number of likely N-dealkylation sites (tertiary alicyclic amines) is 1. The fourth-order valence-electron chi connectivity index (χ4n) is 3.35. The molecule has 2 heterocycles. The second kappa shape index (κ2) is 9.49.